The van der Waals surface area contributed by atoms with Crippen LogP contribution in [-0.4, -0.2) is 5.91 Å². The van der Waals surface area contributed by atoms with E-state index in [-0.39, 0.29) is 11.9 Å². The lowest BCUT2D eigenvalue weighted by Gasteiger charge is -2.14. The van der Waals surface area contributed by atoms with Gasteiger partial charge in [0.1, 0.15) is 0 Å². The summed E-state index contributed by atoms with van der Waals surface area (Å²) < 4.78 is 0. The highest BCUT2D eigenvalue weighted by molar-refractivity contribution is 6.30. The summed E-state index contributed by atoms with van der Waals surface area (Å²) in [5, 5.41) is 3.62. The van der Waals surface area contributed by atoms with Crippen molar-refractivity contribution in [2.75, 3.05) is 5.73 Å². The first-order valence-corrected chi connectivity index (χ1v) is 6.81. The minimum absolute atomic E-state index is 0.0388. The van der Waals surface area contributed by atoms with Crippen LogP contribution < -0.4 is 11.1 Å². The maximum Gasteiger partial charge on any atom is 0.224 e. The number of nitrogen functional groups attached to an aromatic ring is 1. The van der Waals surface area contributed by atoms with Crippen molar-refractivity contribution in [2.45, 2.75) is 19.4 Å². The number of carbonyl (C=O) groups excluding carboxylic acids is 1. The smallest absolute Gasteiger partial charge is 0.224 e. The Hall–Kier alpha value is -2.00. The van der Waals surface area contributed by atoms with E-state index in [9.17, 15) is 4.79 Å². The average molecular weight is 289 g/mol. The predicted molar refractivity (Wildman–Crippen MR) is 82.6 cm³/mol. The number of halogens is 1. The normalized spacial score (nSPS) is 11.9. The number of benzene rings is 2. The quantitative estimate of drug-likeness (QED) is 0.848. The minimum Gasteiger partial charge on any atom is -0.399 e. The Morgan fingerprint density at radius 3 is 2.70 bits per heavy atom. The zero-order valence-electron chi connectivity index (χ0n) is 11.3. The molecule has 0 aliphatic carbocycles. The van der Waals surface area contributed by atoms with E-state index in [2.05, 4.69) is 5.32 Å². The number of nitrogens with two attached hydrogens (primary N) is 1. The van der Waals surface area contributed by atoms with Gasteiger partial charge in [-0.1, -0.05) is 35.9 Å². The second-order valence-corrected chi connectivity index (χ2v) is 5.20. The number of hydrogen-bond acceptors (Lipinski definition) is 2. The van der Waals surface area contributed by atoms with Gasteiger partial charge in [-0.3, -0.25) is 4.79 Å². The SMILES string of the molecule is C[C@@H](NC(=O)Cc1cccc(N)c1)c1cccc(Cl)c1. The fraction of sp³-hybridized carbons (Fsp3) is 0.188. The molecule has 0 fully saturated rings. The summed E-state index contributed by atoms with van der Waals surface area (Å²) in [5.41, 5.74) is 8.25. The van der Waals surface area contributed by atoms with Crippen molar-refractivity contribution in [3.63, 3.8) is 0 Å². The first-order valence-electron chi connectivity index (χ1n) is 6.44. The monoisotopic (exact) mass is 288 g/mol. The van der Waals surface area contributed by atoms with Gasteiger partial charge >= 0.3 is 0 Å². The van der Waals surface area contributed by atoms with Gasteiger partial charge in [-0.2, -0.15) is 0 Å². The number of amides is 1. The van der Waals surface area contributed by atoms with Crippen LogP contribution in [0.1, 0.15) is 24.1 Å². The van der Waals surface area contributed by atoms with Crippen LogP contribution in [0, 0.1) is 0 Å². The Labute approximate surface area is 123 Å². The molecule has 20 heavy (non-hydrogen) atoms. The second-order valence-electron chi connectivity index (χ2n) is 4.77. The fourth-order valence-electron chi connectivity index (χ4n) is 2.04. The molecule has 0 heterocycles. The fourth-order valence-corrected chi connectivity index (χ4v) is 2.24. The lowest BCUT2D eigenvalue weighted by molar-refractivity contribution is -0.121. The molecule has 0 saturated heterocycles. The van der Waals surface area contributed by atoms with Crippen molar-refractivity contribution in [3.8, 4) is 0 Å². The largest absolute Gasteiger partial charge is 0.399 e. The highest BCUT2D eigenvalue weighted by Gasteiger charge is 2.10. The van der Waals surface area contributed by atoms with Crippen molar-refractivity contribution in [1.29, 1.82) is 0 Å². The third kappa shape index (κ3) is 4.00. The molecule has 0 unspecified atom stereocenters. The molecule has 0 aliphatic rings. The van der Waals surface area contributed by atoms with Crippen molar-refractivity contribution in [3.05, 3.63) is 64.7 Å². The molecule has 0 bridgehead atoms. The molecule has 0 spiro atoms. The Bertz CT molecular complexity index is 613. The van der Waals surface area contributed by atoms with Crippen LogP contribution in [0.4, 0.5) is 5.69 Å². The average Bonchev–Trinajstić information content (AvgIpc) is 2.38. The highest BCUT2D eigenvalue weighted by Crippen LogP contribution is 2.17. The first kappa shape index (κ1) is 14.4. The van der Waals surface area contributed by atoms with Gasteiger partial charge in [-0.25, -0.2) is 0 Å². The molecule has 104 valence electrons. The van der Waals surface area contributed by atoms with Gasteiger partial charge in [-0.15, -0.1) is 0 Å². The summed E-state index contributed by atoms with van der Waals surface area (Å²) >= 11 is 5.95. The van der Waals surface area contributed by atoms with Crippen LogP contribution >= 0.6 is 11.6 Å². The number of rotatable bonds is 4. The molecule has 0 aromatic heterocycles. The van der Waals surface area contributed by atoms with Crippen LogP contribution in [0.25, 0.3) is 0 Å². The number of carbonyl (C=O) groups is 1. The van der Waals surface area contributed by atoms with Gasteiger partial charge in [0.2, 0.25) is 5.91 Å². The van der Waals surface area contributed by atoms with Crippen LogP contribution in [-0.2, 0) is 11.2 Å². The molecular formula is C16H17ClN2O. The molecule has 0 saturated carbocycles. The van der Waals surface area contributed by atoms with Crippen molar-refractivity contribution >= 4 is 23.2 Å². The van der Waals surface area contributed by atoms with Gasteiger partial charge in [0.05, 0.1) is 12.5 Å². The lowest BCUT2D eigenvalue weighted by Crippen LogP contribution is -2.28. The van der Waals surface area contributed by atoms with E-state index in [0.29, 0.717) is 17.1 Å². The van der Waals surface area contributed by atoms with Crippen molar-refractivity contribution < 1.29 is 4.79 Å². The van der Waals surface area contributed by atoms with Crippen LogP contribution in [0.2, 0.25) is 5.02 Å². The highest BCUT2D eigenvalue weighted by atomic mass is 35.5. The van der Waals surface area contributed by atoms with E-state index >= 15 is 0 Å². The first-order chi connectivity index (χ1) is 9.54. The molecular weight excluding hydrogens is 272 g/mol. The van der Waals surface area contributed by atoms with Gasteiger partial charge in [-0.05, 0) is 42.3 Å². The standard InChI is InChI=1S/C16H17ClN2O/c1-11(13-5-3-6-14(17)10-13)19-16(20)9-12-4-2-7-15(18)8-12/h2-8,10-11H,9,18H2,1H3,(H,19,20)/t11-/m1/s1. The van der Waals surface area contributed by atoms with E-state index in [1.165, 1.54) is 0 Å². The number of hydrogen-bond donors (Lipinski definition) is 2. The summed E-state index contributed by atoms with van der Waals surface area (Å²) in [5.74, 6) is -0.0388. The van der Waals surface area contributed by atoms with E-state index < -0.39 is 0 Å². The van der Waals surface area contributed by atoms with E-state index in [1.807, 2.05) is 49.4 Å². The summed E-state index contributed by atoms with van der Waals surface area (Å²) in [7, 11) is 0. The van der Waals surface area contributed by atoms with Crippen LogP contribution in [0.3, 0.4) is 0 Å². The summed E-state index contributed by atoms with van der Waals surface area (Å²) in [6.07, 6.45) is 0.315. The molecule has 1 amide bonds. The van der Waals surface area contributed by atoms with Gasteiger partial charge in [0, 0.05) is 10.7 Å². The number of anilines is 1. The maximum absolute atomic E-state index is 12.0. The molecule has 2 rings (SSSR count). The van der Waals surface area contributed by atoms with Crippen molar-refractivity contribution in [1.82, 2.24) is 5.32 Å². The van der Waals surface area contributed by atoms with Crippen molar-refractivity contribution in [2.24, 2.45) is 0 Å². The molecule has 2 aromatic carbocycles. The molecule has 2 aromatic rings. The molecule has 0 radical (unpaired) electrons. The summed E-state index contributed by atoms with van der Waals surface area (Å²) in [6, 6.07) is 14.7. The molecule has 0 aliphatic heterocycles. The molecule has 4 heteroatoms. The van der Waals surface area contributed by atoms with Crippen LogP contribution in [0.5, 0.6) is 0 Å². The zero-order valence-corrected chi connectivity index (χ0v) is 12.0. The summed E-state index contributed by atoms with van der Waals surface area (Å²) in [4.78, 5) is 12.0. The lowest BCUT2D eigenvalue weighted by atomic mass is 10.1. The van der Waals surface area contributed by atoms with E-state index in [4.69, 9.17) is 17.3 Å². The summed E-state index contributed by atoms with van der Waals surface area (Å²) in [6.45, 7) is 1.93. The Morgan fingerprint density at radius 2 is 2.00 bits per heavy atom. The molecule has 3 nitrogen and oxygen atoms in total. The van der Waals surface area contributed by atoms with Gasteiger partial charge in [0.25, 0.3) is 0 Å². The molecule has 1 atom stereocenters. The Balaban J connectivity index is 1.97. The Morgan fingerprint density at radius 1 is 1.25 bits per heavy atom. The topological polar surface area (TPSA) is 55.1 Å². The minimum atomic E-state index is -0.0812. The second kappa shape index (κ2) is 6.44. The van der Waals surface area contributed by atoms with Gasteiger partial charge < -0.3 is 11.1 Å². The third-order valence-electron chi connectivity index (χ3n) is 3.04. The third-order valence-corrected chi connectivity index (χ3v) is 3.28. The predicted octanol–water partition coefficient (Wildman–Crippen LogP) is 3.34. The van der Waals surface area contributed by atoms with Gasteiger partial charge in [0.15, 0.2) is 0 Å². The van der Waals surface area contributed by atoms with E-state index in [0.717, 1.165) is 11.1 Å². The number of nitrogens with one attached hydrogen (secondary N) is 1. The molecule has 3 N–H and O–H groups in total. The zero-order chi connectivity index (χ0) is 14.5. The Kier molecular flexibility index (Phi) is 4.64. The maximum atomic E-state index is 12.0. The van der Waals surface area contributed by atoms with E-state index in [1.54, 1.807) is 6.07 Å². The van der Waals surface area contributed by atoms with Crippen LogP contribution in [0.15, 0.2) is 48.5 Å².